The zero-order valence-corrected chi connectivity index (χ0v) is 9.86. The quantitative estimate of drug-likeness (QED) is 0.798. The van der Waals surface area contributed by atoms with Crippen LogP contribution in [0.3, 0.4) is 0 Å². The van der Waals surface area contributed by atoms with Gasteiger partial charge in [-0.15, -0.1) is 0 Å². The van der Waals surface area contributed by atoms with Crippen LogP contribution in [0.15, 0.2) is 24.3 Å². The van der Waals surface area contributed by atoms with Crippen LogP contribution >= 0.6 is 0 Å². The number of esters is 1. The largest absolute Gasteiger partial charge is 0.508 e. The van der Waals surface area contributed by atoms with Crippen LogP contribution in [0.4, 0.5) is 0 Å². The Labute approximate surface area is 96.1 Å². The van der Waals surface area contributed by atoms with Crippen molar-refractivity contribution in [2.24, 2.45) is 5.41 Å². The van der Waals surface area contributed by atoms with Gasteiger partial charge in [0.25, 0.3) is 0 Å². The normalized spacial score (nSPS) is 11.2. The van der Waals surface area contributed by atoms with Crippen molar-refractivity contribution >= 4 is 5.97 Å². The van der Waals surface area contributed by atoms with Crippen LogP contribution in [0, 0.1) is 11.8 Å². The molecule has 1 aromatic rings. The lowest BCUT2D eigenvalue weighted by molar-refractivity contribution is -0.151. The van der Waals surface area contributed by atoms with Gasteiger partial charge in [-0.25, -0.2) is 0 Å². The van der Waals surface area contributed by atoms with Crippen molar-refractivity contribution in [1.29, 1.82) is 0 Å². The summed E-state index contributed by atoms with van der Waals surface area (Å²) in [6, 6.07) is 6.92. The molecular weight excluding hydrogens is 204 g/mol. The van der Waals surface area contributed by atoms with Crippen molar-refractivity contribution in [1.82, 2.24) is 0 Å². The molecule has 1 N–H and O–H groups in total. The summed E-state index contributed by atoms with van der Waals surface area (Å²) in [6.45, 7) is 5.58. The molecule has 1 rings (SSSR count). The maximum absolute atomic E-state index is 11.4. The van der Waals surface area contributed by atoms with E-state index < -0.39 is 5.41 Å². The van der Waals surface area contributed by atoms with Crippen LogP contribution < -0.4 is 0 Å². The first-order chi connectivity index (χ1) is 7.41. The van der Waals surface area contributed by atoms with E-state index in [-0.39, 0.29) is 18.3 Å². The van der Waals surface area contributed by atoms with E-state index in [0.29, 0.717) is 5.56 Å². The number of carbonyl (C=O) groups excluding carboxylic acids is 1. The van der Waals surface area contributed by atoms with Gasteiger partial charge in [0.15, 0.2) is 0 Å². The maximum atomic E-state index is 11.4. The average molecular weight is 221 g/mol. The van der Waals surface area contributed by atoms with Crippen LogP contribution in [-0.2, 0) is 9.53 Å². The second-order valence-electron chi connectivity index (χ2n) is 4.61. The van der Waals surface area contributed by atoms with E-state index in [1.807, 2.05) is 6.07 Å². The van der Waals surface area contributed by atoms with Gasteiger partial charge in [-0.3, -0.25) is 4.79 Å². The number of ether oxygens (including phenoxy) is 1. The minimum atomic E-state index is -0.493. The molecule has 3 heteroatoms. The number of phenolic OH excluding ortho intramolecular Hbond substituents is 1. The Morgan fingerprint density at radius 3 is 2.56 bits per heavy atom. The minimum Gasteiger partial charge on any atom is -0.508 e. The molecule has 87 valence electrons. The number of rotatable bonds is 3. The van der Waals surface area contributed by atoms with E-state index in [0.717, 1.165) is 0 Å². The molecule has 0 atom stereocenters. The summed E-state index contributed by atoms with van der Waals surface area (Å²) >= 11 is 0. The highest BCUT2D eigenvalue weighted by Gasteiger charge is 2.22. The SMILES string of the molecule is CC(C)(C)C(=O)OC[CH]c1ccccc1O. The number of phenols is 1. The topological polar surface area (TPSA) is 46.5 Å². The zero-order chi connectivity index (χ0) is 12.2. The van der Waals surface area contributed by atoms with Gasteiger partial charge in [-0.2, -0.15) is 0 Å². The van der Waals surface area contributed by atoms with E-state index in [1.54, 1.807) is 45.4 Å². The van der Waals surface area contributed by atoms with Crippen molar-refractivity contribution in [2.75, 3.05) is 6.61 Å². The van der Waals surface area contributed by atoms with Crippen LogP contribution in [0.25, 0.3) is 0 Å². The molecule has 0 amide bonds. The Morgan fingerprint density at radius 2 is 2.00 bits per heavy atom. The van der Waals surface area contributed by atoms with E-state index in [2.05, 4.69) is 0 Å². The second-order valence-corrected chi connectivity index (χ2v) is 4.61. The molecule has 0 saturated carbocycles. The van der Waals surface area contributed by atoms with Crippen molar-refractivity contribution in [3.8, 4) is 5.75 Å². The second kappa shape index (κ2) is 5.01. The highest BCUT2D eigenvalue weighted by atomic mass is 16.5. The first-order valence-corrected chi connectivity index (χ1v) is 5.19. The molecule has 1 aromatic carbocycles. The average Bonchev–Trinajstić information content (AvgIpc) is 2.19. The third kappa shape index (κ3) is 3.57. The lowest BCUT2D eigenvalue weighted by Gasteiger charge is -2.16. The van der Waals surface area contributed by atoms with Crippen molar-refractivity contribution in [2.45, 2.75) is 20.8 Å². The molecule has 0 saturated heterocycles. The summed E-state index contributed by atoms with van der Waals surface area (Å²) in [5, 5.41) is 9.46. The lowest BCUT2D eigenvalue weighted by Crippen LogP contribution is -2.23. The van der Waals surface area contributed by atoms with Crippen LogP contribution in [0.5, 0.6) is 5.75 Å². The van der Waals surface area contributed by atoms with Crippen molar-refractivity contribution < 1.29 is 14.6 Å². The van der Waals surface area contributed by atoms with Crippen LogP contribution in [0.1, 0.15) is 26.3 Å². The Bertz CT molecular complexity index is 364. The molecule has 0 heterocycles. The summed E-state index contributed by atoms with van der Waals surface area (Å²) in [6.07, 6.45) is 1.68. The lowest BCUT2D eigenvalue weighted by atomic mass is 9.97. The third-order valence-electron chi connectivity index (χ3n) is 2.07. The van der Waals surface area contributed by atoms with Gasteiger partial charge < -0.3 is 9.84 Å². The Balaban J connectivity index is 2.43. The Morgan fingerprint density at radius 1 is 1.38 bits per heavy atom. The van der Waals surface area contributed by atoms with Crippen molar-refractivity contribution in [3.63, 3.8) is 0 Å². The zero-order valence-electron chi connectivity index (χ0n) is 9.86. The molecule has 0 fully saturated rings. The molecule has 0 unspecified atom stereocenters. The van der Waals surface area contributed by atoms with Gasteiger partial charge in [0.1, 0.15) is 5.75 Å². The fraction of sp³-hybridized carbons (Fsp3) is 0.385. The van der Waals surface area contributed by atoms with E-state index >= 15 is 0 Å². The molecule has 1 radical (unpaired) electrons. The molecule has 0 aliphatic rings. The molecule has 0 bridgehead atoms. The number of benzene rings is 1. The van der Waals surface area contributed by atoms with Gasteiger partial charge in [0, 0.05) is 12.0 Å². The highest BCUT2D eigenvalue weighted by Crippen LogP contribution is 2.19. The van der Waals surface area contributed by atoms with Crippen molar-refractivity contribution in [3.05, 3.63) is 36.2 Å². The van der Waals surface area contributed by atoms with E-state index in [4.69, 9.17) is 4.74 Å². The monoisotopic (exact) mass is 221 g/mol. The number of carbonyl (C=O) groups is 1. The van der Waals surface area contributed by atoms with Gasteiger partial charge >= 0.3 is 5.97 Å². The molecule has 0 aliphatic carbocycles. The predicted molar refractivity (Wildman–Crippen MR) is 61.9 cm³/mol. The molecule has 0 aliphatic heterocycles. The summed E-state index contributed by atoms with van der Waals surface area (Å²) in [5.74, 6) is -0.0616. The standard InChI is InChI=1S/C13H17O3/c1-13(2,3)12(15)16-9-8-10-6-4-5-7-11(10)14/h4-8,14H,9H2,1-3H3. The van der Waals surface area contributed by atoms with E-state index in [9.17, 15) is 9.90 Å². The van der Waals surface area contributed by atoms with Gasteiger partial charge in [0.05, 0.1) is 12.0 Å². The fourth-order valence-electron chi connectivity index (χ4n) is 1.08. The van der Waals surface area contributed by atoms with Crippen LogP contribution in [0.2, 0.25) is 0 Å². The summed E-state index contributed by atoms with van der Waals surface area (Å²) in [4.78, 5) is 11.4. The fourth-order valence-corrected chi connectivity index (χ4v) is 1.08. The maximum Gasteiger partial charge on any atom is 0.311 e. The molecule has 3 nitrogen and oxygen atoms in total. The summed E-state index contributed by atoms with van der Waals surface area (Å²) in [7, 11) is 0. The summed E-state index contributed by atoms with van der Waals surface area (Å²) < 4.78 is 5.06. The molecule has 0 spiro atoms. The predicted octanol–water partition coefficient (Wildman–Crippen LogP) is 2.53. The highest BCUT2D eigenvalue weighted by molar-refractivity contribution is 5.75. The van der Waals surface area contributed by atoms with E-state index in [1.165, 1.54) is 0 Å². The molecule has 0 aromatic heterocycles. The van der Waals surface area contributed by atoms with Crippen LogP contribution in [-0.4, -0.2) is 17.7 Å². The van der Waals surface area contributed by atoms with Gasteiger partial charge in [-0.05, 0) is 26.8 Å². The van der Waals surface area contributed by atoms with Gasteiger partial charge in [0.2, 0.25) is 0 Å². The molecular formula is C13H17O3. The summed E-state index contributed by atoms with van der Waals surface area (Å²) in [5.41, 5.74) is 0.177. The first kappa shape index (κ1) is 12.6. The smallest absolute Gasteiger partial charge is 0.311 e. The molecule has 16 heavy (non-hydrogen) atoms. The number of para-hydroxylation sites is 1. The Hall–Kier alpha value is -1.51. The Kier molecular flexibility index (Phi) is 3.93. The number of hydrogen-bond acceptors (Lipinski definition) is 3. The van der Waals surface area contributed by atoms with Gasteiger partial charge in [-0.1, -0.05) is 18.2 Å². The first-order valence-electron chi connectivity index (χ1n) is 5.19. The number of hydrogen-bond donors (Lipinski definition) is 1. The third-order valence-corrected chi connectivity index (χ3v) is 2.07. The minimum absolute atomic E-state index is 0.174. The number of aromatic hydroxyl groups is 1.